The van der Waals surface area contributed by atoms with Crippen molar-refractivity contribution in [1.82, 2.24) is 20.9 Å². The molecule has 1 saturated heterocycles. The van der Waals surface area contributed by atoms with Crippen molar-refractivity contribution < 1.29 is 24.0 Å². The van der Waals surface area contributed by atoms with Gasteiger partial charge in [0.2, 0.25) is 17.6 Å². The van der Waals surface area contributed by atoms with Crippen molar-refractivity contribution in [2.75, 3.05) is 6.54 Å². The first-order chi connectivity index (χ1) is 19.1. The third-order valence-corrected chi connectivity index (χ3v) is 10.9. The molecule has 0 aromatic carbocycles. The molecule has 0 aromatic heterocycles. The number of amides is 5. The highest BCUT2D eigenvalue weighted by Gasteiger charge is 2.74. The summed E-state index contributed by atoms with van der Waals surface area (Å²) >= 11 is 13.0. The number of nitrogens with two attached hydrogens (primary N) is 1. The van der Waals surface area contributed by atoms with Gasteiger partial charge in [0.15, 0.2) is 0 Å². The molecule has 6 atom stereocenters. The molecule has 3 aliphatic carbocycles. The quantitative estimate of drug-likeness (QED) is 0.220. The largest absolute Gasteiger partial charge is 0.363 e. The Labute approximate surface area is 252 Å². The van der Waals surface area contributed by atoms with Gasteiger partial charge < -0.3 is 26.6 Å². The van der Waals surface area contributed by atoms with E-state index in [2.05, 4.69) is 16.0 Å². The predicted octanol–water partition coefficient (Wildman–Crippen LogP) is 3.03. The van der Waals surface area contributed by atoms with Crippen molar-refractivity contribution in [3.05, 3.63) is 0 Å². The molecule has 1 aliphatic heterocycles. The average Bonchev–Trinajstić information content (AvgIpc) is 3.20. The first-order valence-corrected chi connectivity index (χ1v) is 15.8. The fourth-order valence-electron chi connectivity index (χ4n) is 6.48. The van der Waals surface area contributed by atoms with Crippen molar-refractivity contribution in [3.8, 4) is 0 Å². The van der Waals surface area contributed by atoms with Crippen LogP contribution in [-0.2, 0) is 19.2 Å². The lowest BCUT2D eigenvalue weighted by Crippen LogP contribution is -2.61. The maximum Gasteiger partial charge on any atom is 0.315 e. The van der Waals surface area contributed by atoms with Crippen LogP contribution in [-0.4, -0.2) is 69.5 Å². The van der Waals surface area contributed by atoms with Gasteiger partial charge in [0.1, 0.15) is 16.4 Å². The maximum absolute atomic E-state index is 14.2. The fourth-order valence-corrected chi connectivity index (χ4v) is 7.31. The Balaban J connectivity index is 1.55. The molecule has 0 bridgehead atoms. The predicted molar refractivity (Wildman–Crippen MR) is 156 cm³/mol. The number of urea groups is 1. The monoisotopic (exact) mass is 613 g/mol. The van der Waals surface area contributed by atoms with E-state index >= 15 is 0 Å². The molecule has 3 saturated carbocycles. The van der Waals surface area contributed by atoms with Gasteiger partial charge in [-0.2, -0.15) is 0 Å². The molecule has 5 N–H and O–H groups in total. The van der Waals surface area contributed by atoms with Crippen LogP contribution in [0.5, 0.6) is 0 Å². The summed E-state index contributed by atoms with van der Waals surface area (Å²) in [6.45, 7) is 8.14. The number of likely N-dealkylation sites (tertiary alicyclic amines) is 1. The molecule has 1 heterocycles. The minimum Gasteiger partial charge on any atom is -0.363 e. The molecular weight excluding hydrogens is 569 g/mol. The number of fused-ring (bicyclic) bond motifs is 1. The number of piperidine rings is 1. The van der Waals surface area contributed by atoms with Gasteiger partial charge in [0, 0.05) is 24.4 Å². The number of hydrogen-bond acceptors (Lipinski definition) is 5. The molecule has 4 aliphatic rings. The Morgan fingerprint density at radius 3 is 2.12 bits per heavy atom. The molecule has 0 radical (unpaired) electrons. The van der Waals surface area contributed by atoms with E-state index in [1.165, 1.54) is 4.90 Å². The highest BCUT2D eigenvalue weighted by atomic mass is 35.5. The molecule has 12 heteroatoms. The van der Waals surface area contributed by atoms with Gasteiger partial charge in [0.05, 0.1) is 6.04 Å². The van der Waals surface area contributed by atoms with E-state index in [4.69, 9.17) is 28.9 Å². The number of carbonyl (C=O) groups excluding carboxylic acids is 5. The van der Waals surface area contributed by atoms with Crippen LogP contribution in [0.1, 0.15) is 85.5 Å². The summed E-state index contributed by atoms with van der Waals surface area (Å²) < 4.78 is -1.18. The van der Waals surface area contributed by atoms with Crippen LogP contribution in [0.25, 0.3) is 0 Å². The smallest absolute Gasteiger partial charge is 0.315 e. The molecule has 0 spiro atoms. The van der Waals surface area contributed by atoms with Gasteiger partial charge in [-0.3, -0.25) is 19.2 Å². The zero-order valence-corrected chi connectivity index (χ0v) is 26.0. The van der Waals surface area contributed by atoms with Gasteiger partial charge in [0.25, 0.3) is 5.91 Å². The molecule has 230 valence electrons. The number of ketones is 1. The lowest BCUT2D eigenvalue weighted by molar-refractivity contribution is -0.144. The third kappa shape index (κ3) is 6.95. The summed E-state index contributed by atoms with van der Waals surface area (Å²) in [5.41, 5.74) is 5.12. The topological polar surface area (TPSA) is 151 Å². The van der Waals surface area contributed by atoms with E-state index in [1.807, 2.05) is 27.7 Å². The summed E-state index contributed by atoms with van der Waals surface area (Å²) in [5.74, 6) is -3.61. The lowest BCUT2D eigenvalue weighted by atomic mass is 9.80. The van der Waals surface area contributed by atoms with Crippen LogP contribution in [0.4, 0.5) is 4.79 Å². The number of Topliss-reactive ketones (excluding diaryl/α,β-unsaturated/α-hetero) is 1. The minimum atomic E-state index is -1.18. The first-order valence-electron chi connectivity index (χ1n) is 15.0. The van der Waals surface area contributed by atoms with Crippen molar-refractivity contribution >= 4 is 52.7 Å². The Bertz CT molecular complexity index is 1050. The van der Waals surface area contributed by atoms with E-state index in [0.717, 1.165) is 51.4 Å². The van der Waals surface area contributed by atoms with E-state index in [9.17, 15) is 24.0 Å². The van der Waals surface area contributed by atoms with Crippen LogP contribution in [0.2, 0.25) is 0 Å². The van der Waals surface area contributed by atoms with Crippen LogP contribution in [0.15, 0.2) is 0 Å². The second-order valence-electron chi connectivity index (χ2n) is 13.6. The zero-order valence-electron chi connectivity index (χ0n) is 24.5. The third-order valence-electron chi connectivity index (χ3n) is 9.87. The second kappa shape index (κ2) is 12.3. The van der Waals surface area contributed by atoms with Gasteiger partial charge >= 0.3 is 6.03 Å². The van der Waals surface area contributed by atoms with Gasteiger partial charge in [-0.15, -0.1) is 23.2 Å². The van der Waals surface area contributed by atoms with Crippen molar-refractivity contribution in [1.29, 1.82) is 0 Å². The molecule has 5 amide bonds. The van der Waals surface area contributed by atoms with Crippen LogP contribution in [0, 0.1) is 29.1 Å². The number of nitrogens with zero attached hydrogens (tertiary/aromatic N) is 1. The van der Waals surface area contributed by atoms with E-state index in [1.54, 1.807) is 0 Å². The Morgan fingerprint density at radius 2 is 1.59 bits per heavy atom. The number of nitrogens with one attached hydrogen (secondary N) is 3. The Hall–Kier alpha value is -2.07. The highest BCUT2D eigenvalue weighted by Crippen LogP contribution is 2.65. The average molecular weight is 615 g/mol. The number of carbonyl (C=O) groups is 5. The van der Waals surface area contributed by atoms with Gasteiger partial charge in [-0.1, -0.05) is 59.3 Å². The Morgan fingerprint density at radius 1 is 0.951 bits per heavy atom. The summed E-state index contributed by atoms with van der Waals surface area (Å²) in [4.78, 5) is 66.9. The molecule has 41 heavy (non-hydrogen) atoms. The van der Waals surface area contributed by atoms with Crippen LogP contribution >= 0.6 is 23.2 Å². The normalized spacial score (nSPS) is 28.0. The minimum absolute atomic E-state index is 0.0767. The van der Waals surface area contributed by atoms with Crippen LogP contribution in [0.3, 0.4) is 0 Å². The van der Waals surface area contributed by atoms with Crippen molar-refractivity contribution in [3.63, 3.8) is 0 Å². The molecule has 2 unspecified atom stereocenters. The molecule has 4 rings (SSSR count). The van der Waals surface area contributed by atoms with Crippen LogP contribution < -0.4 is 21.7 Å². The fraction of sp³-hybridized carbons (Fsp3) is 0.828. The van der Waals surface area contributed by atoms with Gasteiger partial charge in [-0.25, -0.2) is 4.79 Å². The molecule has 4 fully saturated rings. The highest BCUT2D eigenvalue weighted by molar-refractivity contribution is 6.51. The number of primary amides is 1. The maximum atomic E-state index is 14.2. The van der Waals surface area contributed by atoms with Crippen molar-refractivity contribution in [2.45, 2.75) is 114 Å². The molecule has 0 aromatic rings. The summed E-state index contributed by atoms with van der Waals surface area (Å²) in [6, 6.07) is -3.51. The van der Waals surface area contributed by atoms with Crippen molar-refractivity contribution in [2.24, 2.45) is 34.8 Å². The van der Waals surface area contributed by atoms with E-state index in [-0.39, 0.29) is 41.7 Å². The second-order valence-corrected chi connectivity index (χ2v) is 15.1. The van der Waals surface area contributed by atoms with E-state index in [0.29, 0.717) is 6.42 Å². The zero-order chi connectivity index (χ0) is 30.3. The number of hydrogen-bond donors (Lipinski definition) is 4. The standard InChI is InChI=1S/C29H45Cl2N5O5/c1-15(28(2,3)4)33-27(41)35-21(17-11-6-5-7-12-17)26(40)36-14-18-20(29(18,30)31)22(36)25(39)34-19(23(37)24(32)38)13-16-9-8-10-16/h15-22H,5-14H2,1-4H3,(H2,32,38)(H,34,39)(H2,33,35,41)/t15?,18-,19?,20-,21+,22+/m1/s1. The van der Waals surface area contributed by atoms with E-state index < -0.39 is 52.0 Å². The lowest BCUT2D eigenvalue weighted by Gasteiger charge is -2.37. The SMILES string of the molecule is CC(NC(=O)N[C@H](C(=O)N1C[C@@H]2[C@H]([C@H]1C(=O)NC(CC1CCC1)C(=O)C(N)=O)C2(Cl)Cl)C1CCCCC1)C(C)(C)C. The van der Waals surface area contributed by atoms with Gasteiger partial charge in [-0.05, 0) is 43.4 Å². The molecule has 10 nitrogen and oxygen atoms in total. The first kappa shape index (κ1) is 31.9. The Kier molecular flexibility index (Phi) is 9.53. The summed E-state index contributed by atoms with van der Waals surface area (Å²) in [7, 11) is 0. The molecular formula is C29H45Cl2N5O5. The number of halogens is 2. The number of alkyl halides is 2. The summed E-state index contributed by atoms with van der Waals surface area (Å²) in [5, 5.41) is 8.61. The number of rotatable bonds is 10. The summed E-state index contributed by atoms with van der Waals surface area (Å²) in [6.07, 6.45) is 7.72.